The summed E-state index contributed by atoms with van der Waals surface area (Å²) in [6, 6.07) is 2.68. The summed E-state index contributed by atoms with van der Waals surface area (Å²) in [5, 5.41) is 0.551. The quantitative estimate of drug-likeness (QED) is 0.747. The summed E-state index contributed by atoms with van der Waals surface area (Å²) in [5.41, 5.74) is 0. The number of ether oxygens (including phenoxy) is 1. The summed E-state index contributed by atoms with van der Waals surface area (Å²) in [6.45, 7) is -2.86. The Labute approximate surface area is 94.3 Å². The smallest absolute Gasteiger partial charge is 0.387 e. The van der Waals surface area contributed by atoms with Gasteiger partial charge in [-0.15, -0.1) is 11.8 Å². The van der Waals surface area contributed by atoms with Crippen LogP contribution in [0.5, 0.6) is 5.75 Å². The van der Waals surface area contributed by atoms with Gasteiger partial charge in [0.25, 0.3) is 0 Å². The van der Waals surface area contributed by atoms with Crippen molar-refractivity contribution >= 4 is 35.0 Å². The van der Waals surface area contributed by atoms with Crippen LogP contribution in [0.2, 0.25) is 10.0 Å². The zero-order valence-electron chi connectivity index (χ0n) is 7.06. The highest BCUT2D eigenvalue weighted by atomic mass is 35.5. The number of halogens is 4. The van der Waals surface area contributed by atoms with Gasteiger partial charge in [0, 0.05) is 11.0 Å². The maximum atomic E-state index is 11.9. The van der Waals surface area contributed by atoms with Crippen LogP contribution in [-0.2, 0) is 0 Å². The predicted molar refractivity (Wildman–Crippen MR) is 54.9 cm³/mol. The zero-order chi connectivity index (χ0) is 10.7. The van der Waals surface area contributed by atoms with Gasteiger partial charge in [0.15, 0.2) is 0 Å². The van der Waals surface area contributed by atoms with Crippen LogP contribution in [0.4, 0.5) is 8.78 Å². The number of hydrogen-bond acceptors (Lipinski definition) is 2. The summed E-state index contributed by atoms with van der Waals surface area (Å²) in [6.07, 6.45) is 1.77. The molecule has 0 amide bonds. The molecule has 1 aromatic carbocycles. The molecule has 0 saturated carbocycles. The average Bonchev–Trinajstić information content (AvgIpc) is 2.10. The highest BCUT2D eigenvalue weighted by Gasteiger charge is 2.10. The van der Waals surface area contributed by atoms with Gasteiger partial charge >= 0.3 is 6.61 Å². The zero-order valence-corrected chi connectivity index (χ0v) is 9.39. The van der Waals surface area contributed by atoms with Crippen molar-refractivity contribution in [3.8, 4) is 5.75 Å². The Morgan fingerprint density at radius 1 is 1.36 bits per heavy atom. The van der Waals surface area contributed by atoms with Crippen molar-refractivity contribution < 1.29 is 13.5 Å². The molecule has 0 radical (unpaired) electrons. The van der Waals surface area contributed by atoms with Crippen LogP contribution in [0.1, 0.15) is 0 Å². The van der Waals surface area contributed by atoms with Crippen molar-refractivity contribution in [3.05, 3.63) is 22.2 Å². The first-order valence-corrected chi connectivity index (χ1v) is 5.50. The molecule has 0 spiro atoms. The first kappa shape index (κ1) is 11.9. The Morgan fingerprint density at radius 3 is 2.50 bits per heavy atom. The van der Waals surface area contributed by atoms with E-state index < -0.39 is 6.61 Å². The summed E-state index contributed by atoms with van der Waals surface area (Å²) in [4.78, 5) is 0.606. The van der Waals surface area contributed by atoms with Crippen molar-refractivity contribution in [3.63, 3.8) is 0 Å². The molecule has 1 nitrogen and oxygen atoms in total. The fourth-order valence-corrected chi connectivity index (χ4v) is 1.99. The molecule has 0 atom stereocenters. The normalized spacial score (nSPS) is 10.7. The van der Waals surface area contributed by atoms with E-state index in [0.717, 1.165) is 0 Å². The molecule has 0 aliphatic carbocycles. The number of alkyl halides is 2. The highest BCUT2D eigenvalue weighted by molar-refractivity contribution is 7.98. The van der Waals surface area contributed by atoms with E-state index in [2.05, 4.69) is 4.74 Å². The topological polar surface area (TPSA) is 9.23 Å². The Bertz CT molecular complexity index is 333. The first-order chi connectivity index (χ1) is 6.54. The molecule has 1 rings (SSSR count). The third-order valence-electron chi connectivity index (χ3n) is 1.41. The maximum absolute atomic E-state index is 11.9. The SMILES string of the molecule is CSc1cc(OC(F)F)cc(Cl)c1Cl. The van der Waals surface area contributed by atoms with Gasteiger partial charge in [-0.1, -0.05) is 23.2 Å². The van der Waals surface area contributed by atoms with Crippen LogP contribution in [0.3, 0.4) is 0 Å². The molecule has 0 unspecified atom stereocenters. The second kappa shape index (κ2) is 5.05. The van der Waals surface area contributed by atoms with E-state index in [-0.39, 0.29) is 10.8 Å². The molecule has 0 aliphatic heterocycles. The fourth-order valence-electron chi connectivity index (χ4n) is 0.860. The summed E-state index contributed by atoms with van der Waals surface area (Å²) >= 11 is 12.8. The van der Waals surface area contributed by atoms with Crippen LogP contribution in [0.25, 0.3) is 0 Å². The minimum Gasteiger partial charge on any atom is -0.435 e. The van der Waals surface area contributed by atoms with Crippen molar-refractivity contribution in [2.75, 3.05) is 6.26 Å². The molecule has 1 aromatic rings. The second-order valence-electron chi connectivity index (χ2n) is 2.30. The van der Waals surface area contributed by atoms with Crippen molar-refractivity contribution in [2.45, 2.75) is 11.5 Å². The highest BCUT2D eigenvalue weighted by Crippen LogP contribution is 2.36. The number of rotatable bonds is 3. The lowest BCUT2D eigenvalue weighted by atomic mass is 10.3. The minimum absolute atomic E-state index is 0.0127. The molecule has 0 fully saturated rings. The van der Waals surface area contributed by atoms with E-state index in [4.69, 9.17) is 23.2 Å². The van der Waals surface area contributed by atoms with Crippen LogP contribution >= 0.6 is 35.0 Å². The fraction of sp³-hybridized carbons (Fsp3) is 0.250. The van der Waals surface area contributed by atoms with Gasteiger partial charge in [-0.05, 0) is 12.3 Å². The molecule has 0 aromatic heterocycles. The first-order valence-electron chi connectivity index (χ1n) is 3.52. The van der Waals surface area contributed by atoms with E-state index in [1.54, 1.807) is 6.26 Å². The Balaban J connectivity index is 3.03. The summed E-state index contributed by atoms with van der Waals surface area (Å²) < 4.78 is 28.0. The van der Waals surface area contributed by atoms with Gasteiger partial charge in [-0.25, -0.2) is 0 Å². The van der Waals surface area contributed by atoms with Gasteiger partial charge in [0.2, 0.25) is 0 Å². The van der Waals surface area contributed by atoms with E-state index in [1.807, 2.05) is 0 Å². The number of thioether (sulfide) groups is 1. The largest absolute Gasteiger partial charge is 0.435 e. The Hall–Kier alpha value is -0.190. The molecule has 14 heavy (non-hydrogen) atoms. The van der Waals surface area contributed by atoms with Crippen molar-refractivity contribution in [2.24, 2.45) is 0 Å². The van der Waals surface area contributed by atoms with E-state index >= 15 is 0 Å². The van der Waals surface area contributed by atoms with Crippen LogP contribution in [0, 0.1) is 0 Å². The lowest BCUT2D eigenvalue weighted by molar-refractivity contribution is -0.0499. The predicted octanol–water partition coefficient (Wildman–Crippen LogP) is 4.32. The Kier molecular flexibility index (Phi) is 4.29. The molecule has 0 N–H and O–H groups in total. The van der Waals surface area contributed by atoms with Gasteiger partial charge in [0.1, 0.15) is 5.75 Å². The molecule has 0 aliphatic rings. The average molecular weight is 259 g/mol. The molecular formula is C8H6Cl2F2OS. The van der Waals surface area contributed by atoms with Crippen LogP contribution < -0.4 is 4.74 Å². The second-order valence-corrected chi connectivity index (χ2v) is 3.93. The van der Waals surface area contributed by atoms with E-state index in [9.17, 15) is 8.78 Å². The van der Waals surface area contributed by atoms with Gasteiger partial charge in [-0.3, -0.25) is 0 Å². The lowest BCUT2D eigenvalue weighted by Gasteiger charge is -2.08. The number of hydrogen-bond donors (Lipinski definition) is 0. The van der Waals surface area contributed by atoms with E-state index in [1.165, 1.54) is 23.9 Å². The molecule has 0 heterocycles. The summed E-state index contributed by atoms with van der Waals surface area (Å²) in [5.74, 6) is 0.0127. The maximum Gasteiger partial charge on any atom is 0.387 e. The molecule has 78 valence electrons. The van der Waals surface area contributed by atoms with Crippen LogP contribution in [-0.4, -0.2) is 12.9 Å². The molecule has 0 bridgehead atoms. The minimum atomic E-state index is -2.86. The van der Waals surface area contributed by atoms with E-state index in [0.29, 0.717) is 9.92 Å². The van der Waals surface area contributed by atoms with Crippen LogP contribution in [0.15, 0.2) is 17.0 Å². The van der Waals surface area contributed by atoms with Gasteiger partial charge in [-0.2, -0.15) is 8.78 Å². The number of benzene rings is 1. The third kappa shape index (κ3) is 2.90. The molecular weight excluding hydrogens is 253 g/mol. The van der Waals surface area contributed by atoms with Gasteiger partial charge in [0.05, 0.1) is 10.0 Å². The Morgan fingerprint density at radius 2 is 2.00 bits per heavy atom. The van der Waals surface area contributed by atoms with Crippen molar-refractivity contribution in [1.29, 1.82) is 0 Å². The standard InChI is InChI=1S/C8H6Cl2F2OS/c1-14-6-3-4(13-8(11)12)2-5(9)7(6)10/h2-3,8H,1H3. The van der Waals surface area contributed by atoms with Gasteiger partial charge < -0.3 is 4.74 Å². The monoisotopic (exact) mass is 258 g/mol. The summed E-state index contributed by atoms with van der Waals surface area (Å²) in [7, 11) is 0. The lowest BCUT2D eigenvalue weighted by Crippen LogP contribution is -2.01. The molecule has 6 heteroatoms. The van der Waals surface area contributed by atoms with Crippen molar-refractivity contribution in [1.82, 2.24) is 0 Å². The third-order valence-corrected chi connectivity index (χ3v) is 3.09. The molecule has 0 saturated heterocycles.